The first kappa shape index (κ1) is 20.6. The number of carbonyl (C=O) groups is 3. The Labute approximate surface area is 146 Å². The minimum atomic E-state index is -0.132. The molecule has 142 valence electrons. The van der Waals surface area contributed by atoms with Gasteiger partial charge in [0.25, 0.3) is 0 Å². The molecule has 0 bridgehead atoms. The first-order chi connectivity index (χ1) is 11.6. The summed E-state index contributed by atoms with van der Waals surface area (Å²) >= 11 is 0. The second-order valence-corrected chi connectivity index (χ2v) is 5.98. The van der Waals surface area contributed by atoms with Crippen molar-refractivity contribution in [1.82, 2.24) is 10.6 Å². The van der Waals surface area contributed by atoms with Crippen molar-refractivity contribution in [3.63, 3.8) is 0 Å². The molecule has 7 heteroatoms. The molecular formula is C17H34N2O5. The first-order valence-corrected chi connectivity index (χ1v) is 8.81. The van der Waals surface area contributed by atoms with E-state index in [4.69, 9.17) is 9.47 Å². The largest absolute Gasteiger partial charge is 0.379 e. The maximum Gasteiger partial charge on any atom is 0.246 e. The molecule has 0 unspecified atom stereocenters. The predicted molar refractivity (Wildman–Crippen MR) is 93.7 cm³/mol. The molecule has 1 fully saturated rings. The van der Waals surface area contributed by atoms with Gasteiger partial charge in [-0.3, -0.25) is 14.4 Å². The van der Waals surface area contributed by atoms with Gasteiger partial charge in [-0.05, 0) is 32.6 Å². The van der Waals surface area contributed by atoms with E-state index in [0.717, 1.165) is 25.7 Å². The Morgan fingerprint density at radius 1 is 1.04 bits per heavy atom. The molecule has 0 aliphatic heterocycles. The number of carbonyl (C=O) groups excluding carboxylic acids is 3. The van der Waals surface area contributed by atoms with Crippen molar-refractivity contribution >= 4 is 17.6 Å². The normalized spacial score (nSPS) is 20.4. The van der Waals surface area contributed by atoms with Gasteiger partial charge in [0.15, 0.2) is 5.78 Å². The van der Waals surface area contributed by atoms with Gasteiger partial charge in [0.2, 0.25) is 11.8 Å². The summed E-state index contributed by atoms with van der Waals surface area (Å²) in [7, 11) is 0. The third-order valence-corrected chi connectivity index (χ3v) is 4.13. The standard InChI is InChI=1S/C17H30N2O5.2H2/c1-3-15(20)11-18-17(22)13-5-7-14(8-6-13)19-16(21)12-24-10-9-23-4-2;;/h13-14H,3-12H2,1-2H3,(H,18,22)(H,19,21);2*1H. The summed E-state index contributed by atoms with van der Waals surface area (Å²) in [4.78, 5) is 35.0. The van der Waals surface area contributed by atoms with Crippen LogP contribution in [-0.4, -0.2) is 56.6 Å². The topological polar surface area (TPSA) is 93.7 Å². The Kier molecular flexibility index (Phi) is 10.3. The Morgan fingerprint density at radius 2 is 1.71 bits per heavy atom. The first-order valence-electron chi connectivity index (χ1n) is 8.81. The lowest BCUT2D eigenvalue weighted by Crippen LogP contribution is -2.42. The molecule has 0 radical (unpaired) electrons. The molecule has 0 spiro atoms. The van der Waals surface area contributed by atoms with E-state index < -0.39 is 0 Å². The number of ether oxygens (including phenoxy) is 2. The van der Waals surface area contributed by atoms with Gasteiger partial charge in [-0.2, -0.15) is 0 Å². The van der Waals surface area contributed by atoms with Crippen LogP contribution < -0.4 is 10.6 Å². The fourth-order valence-corrected chi connectivity index (χ4v) is 2.65. The molecule has 2 amide bonds. The lowest BCUT2D eigenvalue weighted by atomic mass is 9.85. The molecule has 0 atom stereocenters. The summed E-state index contributed by atoms with van der Waals surface area (Å²) in [5.41, 5.74) is 0. The lowest BCUT2D eigenvalue weighted by molar-refractivity contribution is -0.129. The van der Waals surface area contributed by atoms with Gasteiger partial charge in [0.1, 0.15) is 6.61 Å². The highest BCUT2D eigenvalue weighted by Crippen LogP contribution is 2.24. The van der Waals surface area contributed by atoms with Gasteiger partial charge in [0.05, 0.1) is 19.8 Å². The predicted octanol–water partition coefficient (Wildman–Crippen LogP) is 1.30. The summed E-state index contributed by atoms with van der Waals surface area (Å²) < 4.78 is 10.4. The summed E-state index contributed by atoms with van der Waals surface area (Å²) in [5, 5.41) is 5.63. The maximum absolute atomic E-state index is 12.0. The minimum absolute atomic E-state index is 0. The Hall–Kier alpha value is -1.47. The van der Waals surface area contributed by atoms with Crippen LogP contribution in [0.2, 0.25) is 0 Å². The molecule has 2 N–H and O–H groups in total. The van der Waals surface area contributed by atoms with Gasteiger partial charge in [-0.25, -0.2) is 0 Å². The summed E-state index contributed by atoms with van der Waals surface area (Å²) in [5.74, 6) is -0.215. The molecule has 0 heterocycles. The zero-order valence-electron chi connectivity index (χ0n) is 14.8. The van der Waals surface area contributed by atoms with Crippen LogP contribution in [0.1, 0.15) is 48.8 Å². The number of hydrogen-bond acceptors (Lipinski definition) is 5. The quantitative estimate of drug-likeness (QED) is 0.550. The van der Waals surface area contributed by atoms with Crippen molar-refractivity contribution in [3.05, 3.63) is 0 Å². The van der Waals surface area contributed by atoms with Gasteiger partial charge in [0, 0.05) is 27.8 Å². The van der Waals surface area contributed by atoms with Gasteiger partial charge < -0.3 is 20.1 Å². The van der Waals surface area contributed by atoms with Crippen LogP contribution in [0.3, 0.4) is 0 Å². The van der Waals surface area contributed by atoms with Crippen LogP contribution in [0.25, 0.3) is 0 Å². The smallest absolute Gasteiger partial charge is 0.246 e. The van der Waals surface area contributed by atoms with Crippen molar-refractivity contribution in [2.24, 2.45) is 5.92 Å². The average Bonchev–Trinajstić information content (AvgIpc) is 2.59. The molecule has 7 nitrogen and oxygen atoms in total. The Bertz CT molecular complexity index is 416. The van der Waals surface area contributed by atoms with Gasteiger partial charge >= 0.3 is 0 Å². The molecule has 0 aromatic rings. The molecule has 0 saturated heterocycles. The monoisotopic (exact) mass is 346 g/mol. The highest BCUT2D eigenvalue weighted by Gasteiger charge is 2.27. The molecule has 24 heavy (non-hydrogen) atoms. The van der Waals surface area contributed by atoms with E-state index in [2.05, 4.69) is 10.6 Å². The van der Waals surface area contributed by atoms with Crippen LogP contribution in [0.5, 0.6) is 0 Å². The highest BCUT2D eigenvalue weighted by atomic mass is 16.5. The number of ketones is 1. The second kappa shape index (κ2) is 12.0. The third-order valence-electron chi connectivity index (χ3n) is 4.13. The fraction of sp³-hybridized carbons (Fsp3) is 0.824. The fourth-order valence-electron chi connectivity index (χ4n) is 2.65. The number of nitrogens with one attached hydrogen (secondary N) is 2. The average molecular weight is 346 g/mol. The minimum Gasteiger partial charge on any atom is -0.379 e. The zero-order valence-corrected chi connectivity index (χ0v) is 14.8. The number of rotatable bonds is 11. The number of hydrogen-bond donors (Lipinski definition) is 2. The SMILES string of the molecule is CCOCCOCC(=O)NC1CCC(C(=O)NCC(=O)CC)CC1.[HH].[HH]. The second-order valence-electron chi connectivity index (χ2n) is 5.98. The Morgan fingerprint density at radius 3 is 2.33 bits per heavy atom. The molecule has 1 rings (SSSR count). The molecule has 1 aliphatic carbocycles. The molecule has 1 aliphatic rings. The summed E-state index contributed by atoms with van der Waals surface area (Å²) in [6.45, 7) is 5.37. The van der Waals surface area contributed by atoms with Crippen molar-refractivity contribution in [3.8, 4) is 0 Å². The molecule has 0 aromatic heterocycles. The zero-order chi connectivity index (χ0) is 17.8. The van der Waals surface area contributed by atoms with E-state index in [-0.39, 0.29) is 45.6 Å². The number of Topliss-reactive ketones (excluding diaryl/α,β-unsaturated/α-hetero) is 1. The van der Waals surface area contributed by atoms with Crippen LogP contribution in [0.4, 0.5) is 0 Å². The van der Waals surface area contributed by atoms with E-state index in [1.54, 1.807) is 6.92 Å². The summed E-state index contributed by atoms with van der Waals surface area (Å²) in [6, 6.07) is 0.0920. The van der Waals surface area contributed by atoms with Crippen molar-refractivity contribution in [2.75, 3.05) is 33.0 Å². The lowest BCUT2D eigenvalue weighted by Gasteiger charge is -2.28. The molecule has 1 saturated carbocycles. The van der Waals surface area contributed by atoms with E-state index in [1.165, 1.54) is 0 Å². The van der Waals surface area contributed by atoms with Crippen molar-refractivity contribution in [1.29, 1.82) is 0 Å². The van der Waals surface area contributed by atoms with Crippen molar-refractivity contribution in [2.45, 2.75) is 52.0 Å². The van der Waals surface area contributed by atoms with Crippen LogP contribution in [0, 0.1) is 5.92 Å². The Balaban J connectivity index is 0. The van der Waals surface area contributed by atoms with Gasteiger partial charge in [-0.1, -0.05) is 6.92 Å². The summed E-state index contributed by atoms with van der Waals surface area (Å²) in [6.07, 6.45) is 3.42. The van der Waals surface area contributed by atoms with Crippen molar-refractivity contribution < 1.29 is 26.7 Å². The third kappa shape index (κ3) is 8.40. The number of amides is 2. The highest BCUT2D eigenvalue weighted by molar-refractivity contribution is 5.86. The molecule has 0 aromatic carbocycles. The molecular weight excluding hydrogens is 312 g/mol. The van der Waals surface area contributed by atoms with Crippen LogP contribution in [0.15, 0.2) is 0 Å². The van der Waals surface area contributed by atoms with Crippen LogP contribution >= 0.6 is 0 Å². The van der Waals surface area contributed by atoms with E-state index in [9.17, 15) is 14.4 Å². The van der Waals surface area contributed by atoms with E-state index in [0.29, 0.717) is 26.2 Å². The van der Waals surface area contributed by atoms with Gasteiger partial charge in [-0.15, -0.1) is 0 Å². The van der Waals surface area contributed by atoms with Crippen LogP contribution in [-0.2, 0) is 23.9 Å². The van der Waals surface area contributed by atoms with E-state index >= 15 is 0 Å². The van der Waals surface area contributed by atoms with E-state index in [1.807, 2.05) is 6.92 Å². The maximum atomic E-state index is 12.0.